The van der Waals surface area contributed by atoms with Crippen molar-refractivity contribution in [3.05, 3.63) is 60.2 Å². The van der Waals surface area contributed by atoms with Crippen LogP contribution in [0.15, 0.2) is 54.6 Å². The van der Waals surface area contributed by atoms with Crippen molar-refractivity contribution in [1.29, 1.82) is 5.26 Å². The van der Waals surface area contributed by atoms with Gasteiger partial charge in [-0.15, -0.1) is 0 Å². The Kier molecular flexibility index (Phi) is 4.35. The number of hydrogen-bond donors (Lipinski definition) is 2. The third-order valence-electron chi connectivity index (χ3n) is 2.83. The lowest BCUT2D eigenvalue weighted by molar-refractivity contribution is -0.116. The van der Waals surface area contributed by atoms with Crippen molar-refractivity contribution in [2.75, 3.05) is 10.6 Å². The molecule has 0 radical (unpaired) electrons. The Morgan fingerprint density at radius 1 is 1.05 bits per heavy atom. The standard InChI is InChI=1S/C16H15N3O/c1-12(18-14-5-3-2-4-6-14)16(20)19-15-9-7-13(11-17)8-10-15/h2-10,12,18H,1H3,(H,19,20). The molecule has 0 heterocycles. The number of anilines is 2. The van der Waals surface area contributed by atoms with E-state index in [1.54, 1.807) is 31.2 Å². The lowest BCUT2D eigenvalue weighted by Gasteiger charge is -2.15. The normalized spacial score (nSPS) is 11.2. The second kappa shape index (κ2) is 6.39. The van der Waals surface area contributed by atoms with E-state index in [0.29, 0.717) is 11.3 Å². The van der Waals surface area contributed by atoms with Crippen LogP contribution in [0.3, 0.4) is 0 Å². The number of carbonyl (C=O) groups is 1. The zero-order valence-electron chi connectivity index (χ0n) is 11.1. The van der Waals surface area contributed by atoms with Crippen LogP contribution in [-0.2, 0) is 4.79 Å². The highest BCUT2D eigenvalue weighted by molar-refractivity contribution is 5.96. The van der Waals surface area contributed by atoms with Crippen LogP contribution in [-0.4, -0.2) is 11.9 Å². The van der Waals surface area contributed by atoms with Crippen molar-refractivity contribution in [3.8, 4) is 6.07 Å². The molecule has 2 N–H and O–H groups in total. The molecular formula is C16H15N3O. The van der Waals surface area contributed by atoms with Gasteiger partial charge in [-0.2, -0.15) is 5.26 Å². The monoisotopic (exact) mass is 265 g/mol. The van der Waals surface area contributed by atoms with Crippen LogP contribution in [0.4, 0.5) is 11.4 Å². The van der Waals surface area contributed by atoms with Crippen molar-refractivity contribution in [3.63, 3.8) is 0 Å². The summed E-state index contributed by atoms with van der Waals surface area (Å²) in [6, 6.07) is 18.0. The number of rotatable bonds is 4. The third kappa shape index (κ3) is 3.59. The second-order valence-electron chi connectivity index (χ2n) is 4.41. The van der Waals surface area contributed by atoms with Crippen molar-refractivity contribution in [1.82, 2.24) is 0 Å². The number of amides is 1. The Morgan fingerprint density at radius 3 is 2.30 bits per heavy atom. The van der Waals surface area contributed by atoms with E-state index in [0.717, 1.165) is 5.69 Å². The van der Waals surface area contributed by atoms with Gasteiger partial charge in [0.05, 0.1) is 11.6 Å². The molecule has 1 unspecified atom stereocenters. The van der Waals surface area contributed by atoms with Crippen LogP contribution in [0.25, 0.3) is 0 Å². The number of carbonyl (C=O) groups excluding carboxylic acids is 1. The average molecular weight is 265 g/mol. The van der Waals surface area contributed by atoms with Crippen LogP contribution in [0.5, 0.6) is 0 Å². The molecule has 0 bridgehead atoms. The maximum Gasteiger partial charge on any atom is 0.246 e. The lowest BCUT2D eigenvalue weighted by Crippen LogP contribution is -2.31. The number of benzene rings is 2. The SMILES string of the molecule is CC(Nc1ccccc1)C(=O)Nc1ccc(C#N)cc1. The minimum absolute atomic E-state index is 0.126. The maximum absolute atomic E-state index is 12.0. The fourth-order valence-electron chi connectivity index (χ4n) is 1.73. The predicted molar refractivity (Wildman–Crippen MR) is 79.3 cm³/mol. The van der Waals surface area contributed by atoms with E-state index in [-0.39, 0.29) is 11.9 Å². The topological polar surface area (TPSA) is 64.9 Å². The molecule has 0 aliphatic carbocycles. The first-order valence-corrected chi connectivity index (χ1v) is 6.31. The molecule has 1 atom stereocenters. The van der Waals surface area contributed by atoms with E-state index in [2.05, 4.69) is 10.6 Å². The minimum atomic E-state index is -0.354. The number of para-hydroxylation sites is 1. The van der Waals surface area contributed by atoms with Crippen molar-refractivity contribution < 1.29 is 4.79 Å². The van der Waals surface area contributed by atoms with Crippen LogP contribution in [0.1, 0.15) is 12.5 Å². The summed E-state index contributed by atoms with van der Waals surface area (Å²) in [5.41, 5.74) is 2.14. The lowest BCUT2D eigenvalue weighted by atomic mass is 10.2. The first kappa shape index (κ1) is 13.6. The largest absolute Gasteiger partial charge is 0.374 e. The summed E-state index contributed by atoms with van der Waals surface area (Å²) in [4.78, 5) is 12.0. The molecule has 0 spiro atoms. The van der Waals surface area contributed by atoms with Gasteiger partial charge in [-0.25, -0.2) is 0 Å². The number of nitrogens with zero attached hydrogens (tertiary/aromatic N) is 1. The van der Waals surface area contributed by atoms with Crippen LogP contribution < -0.4 is 10.6 Å². The van der Waals surface area contributed by atoms with Crippen molar-refractivity contribution >= 4 is 17.3 Å². The smallest absolute Gasteiger partial charge is 0.246 e. The Balaban J connectivity index is 1.95. The quantitative estimate of drug-likeness (QED) is 0.893. The highest BCUT2D eigenvalue weighted by Crippen LogP contribution is 2.11. The summed E-state index contributed by atoms with van der Waals surface area (Å²) in [5.74, 6) is -0.126. The van der Waals surface area contributed by atoms with Gasteiger partial charge in [0.1, 0.15) is 6.04 Å². The fraction of sp³-hybridized carbons (Fsp3) is 0.125. The summed E-state index contributed by atoms with van der Waals surface area (Å²) in [6.45, 7) is 1.80. The average Bonchev–Trinajstić information content (AvgIpc) is 2.49. The van der Waals surface area contributed by atoms with Gasteiger partial charge in [-0.05, 0) is 43.3 Å². The van der Waals surface area contributed by atoms with Gasteiger partial charge in [0.15, 0.2) is 0 Å². The summed E-state index contributed by atoms with van der Waals surface area (Å²) in [6.07, 6.45) is 0. The highest BCUT2D eigenvalue weighted by atomic mass is 16.2. The summed E-state index contributed by atoms with van der Waals surface area (Å²) < 4.78 is 0. The number of nitriles is 1. The number of nitrogens with one attached hydrogen (secondary N) is 2. The minimum Gasteiger partial charge on any atom is -0.374 e. The molecule has 0 saturated heterocycles. The highest BCUT2D eigenvalue weighted by Gasteiger charge is 2.12. The Morgan fingerprint density at radius 2 is 1.70 bits per heavy atom. The molecule has 2 rings (SSSR count). The van der Waals surface area contributed by atoms with E-state index in [9.17, 15) is 4.79 Å². The molecule has 20 heavy (non-hydrogen) atoms. The van der Waals surface area contributed by atoms with E-state index in [1.165, 1.54) is 0 Å². The van der Waals surface area contributed by atoms with Gasteiger partial charge < -0.3 is 10.6 Å². The number of hydrogen-bond acceptors (Lipinski definition) is 3. The first-order chi connectivity index (χ1) is 9.69. The predicted octanol–water partition coefficient (Wildman–Crippen LogP) is 3.00. The first-order valence-electron chi connectivity index (χ1n) is 6.31. The van der Waals surface area contributed by atoms with E-state index < -0.39 is 0 Å². The molecular weight excluding hydrogens is 250 g/mol. The van der Waals surface area contributed by atoms with Crippen molar-refractivity contribution in [2.24, 2.45) is 0 Å². The van der Waals surface area contributed by atoms with Gasteiger partial charge in [0.25, 0.3) is 0 Å². The van der Waals surface area contributed by atoms with Gasteiger partial charge in [0.2, 0.25) is 5.91 Å². The maximum atomic E-state index is 12.0. The molecule has 0 aromatic heterocycles. The van der Waals surface area contributed by atoms with Gasteiger partial charge in [-0.1, -0.05) is 18.2 Å². The molecule has 2 aromatic carbocycles. The van der Waals surface area contributed by atoms with Crippen LogP contribution in [0.2, 0.25) is 0 Å². The molecule has 4 heteroatoms. The van der Waals surface area contributed by atoms with Crippen LogP contribution >= 0.6 is 0 Å². The molecule has 0 aliphatic heterocycles. The van der Waals surface area contributed by atoms with Crippen molar-refractivity contribution in [2.45, 2.75) is 13.0 Å². The van der Waals surface area contributed by atoms with E-state index in [1.807, 2.05) is 36.4 Å². The molecule has 2 aromatic rings. The third-order valence-corrected chi connectivity index (χ3v) is 2.83. The fourth-order valence-corrected chi connectivity index (χ4v) is 1.73. The molecule has 0 fully saturated rings. The summed E-state index contributed by atoms with van der Waals surface area (Å²) >= 11 is 0. The zero-order chi connectivity index (χ0) is 14.4. The molecule has 0 aliphatic rings. The second-order valence-corrected chi connectivity index (χ2v) is 4.41. The molecule has 4 nitrogen and oxygen atoms in total. The molecule has 1 amide bonds. The Labute approximate surface area is 118 Å². The zero-order valence-corrected chi connectivity index (χ0v) is 11.1. The van der Waals surface area contributed by atoms with Gasteiger partial charge >= 0.3 is 0 Å². The summed E-state index contributed by atoms with van der Waals surface area (Å²) in [7, 11) is 0. The van der Waals surface area contributed by atoms with E-state index >= 15 is 0 Å². The van der Waals surface area contributed by atoms with E-state index in [4.69, 9.17) is 5.26 Å². The Hall–Kier alpha value is -2.80. The Bertz CT molecular complexity index is 614. The van der Waals surface area contributed by atoms with Gasteiger partial charge in [-0.3, -0.25) is 4.79 Å². The molecule has 0 saturated carbocycles. The van der Waals surface area contributed by atoms with Gasteiger partial charge in [0, 0.05) is 11.4 Å². The van der Waals surface area contributed by atoms with Crippen LogP contribution in [0, 0.1) is 11.3 Å². The molecule has 100 valence electrons. The summed E-state index contributed by atoms with van der Waals surface area (Å²) in [5, 5.41) is 14.6.